The number of carboxylic acids is 1. The average molecular weight is 308 g/mol. The number of aryl methyl sites for hydroxylation is 1. The van der Waals surface area contributed by atoms with E-state index in [1.165, 1.54) is 30.2 Å². The predicted octanol–water partition coefficient (Wildman–Crippen LogP) is 2.19. The van der Waals surface area contributed by atoms with Crippen LogP contribution in [0.4, 0.5) is 0 Å². The van der Waals surface area contributed by atoms with Crippen molar-refractivity contribution in [2.24, 2.45) is 0 Å². The van der Waals surface area contributed by atoms with Gasteiger partial charge in [-0.15, -0.1) is 11.3 Å². The Labute approximate surface area is 126 Å². The van der Waals surface area contributed by atoms with Gasteiger partial charge in [-0.25, -0.2) is 9.78 Å². The van der Waals surface area contributed by atoms with Gasteiger partial charge in [0.1, 0.15) is 11.8 Å². The summed E-state index contributed by atoms with van der Waals surface area (Å²) in [6, 6.07) is 2.82. The van der Waals surface area contributed by atoms with Gasteiger partial charge in [-0.2, -0.15) is 0 Å². The van der Waals surface area contributed by atoms with Crippen LogP contribution in [-0.2, 0) is 16.0 Å². The number of aliphatic carboxylic acids is 1. The third-order valence-electron chi connectivity index (χ3n) is 3.17. The van der Waals surface area contributed by atoms with E-state index in [0.29, 0.717) is 16.5 Å². The number of furan rings is 1. The van der Waals surface area contributed by atoms with E-state index < -0.39 is 12.0 Å². The zero-order valence-corrected chi connectivity index (χ0v) is 12.8. The molecular weight excluding hydrogens is 292 g/mol. The number of carboxylic acid groups (broad SMARTS) is 1. The van der Waals surface area contributed by atoms with Crippen LogP contribution in [-0.4, -0.2) is 40.0 Å². The summed E-state index contributed by atoms with van der Waals surface area (Å²) in [6.07, 6.45) is 0.0737. The largest absolute Gasteiger partial charge is 0.480 e. The molecule has 0 saturated heterocycles. The van der Waals surface area contributed by atoms with Gasteiger partial charge >= 0.3 is 5.97 Å². The van der Waals surface area contributed by atoms with Crippen LogP contribution < -0.4 is 0 Å². The summed E-state index contributed by atoms with van der Waals surface area (Å²) in [5.74, 6) is 0.157. The van der Waals surface area contributed by atoms with Crippen molar-refractivity contribution in [2.75, 3.05) is 7.05 Å². The molecule has 0 saturated carbocycles. The molecule has 0 radical (unpaired) electrons. The minimum atomic E-state index is -1.03. The van der Waals surface area contributed by atoms with Crippen molar-refractivity contribution in [1.29, 1.82) is 0 Å². The number of likely N-dealkylation sites (N-methyl/N-ethyl adjacent to an activating group) is 1. The SMILES string of the molecule is Cc1ccc(-c2nc(CC(=O)N(C)C(C)C(=O)O)cs2)o1. The Hall–Kier alpha value is -2.15. The van der Waals surface area contributed by atoms with Gasteiger partial charge in [-0.05, 0) is 26.0 Å². The highest BCUT2D eigenvalue weighted by atomic mass is 32.1. The lowest BCUT2D eigenvalue weighted by Gasteiger charge is -2.20. The van der Waals surface area contributed by atoms with Gasteiger partial charge in [0.25, 0.3) is 0 Å². The van der Waals surface area contributed by atoms with Gasteiger partial charge in [0, 0.05) is 12.4 Å². The van der Waals surface area contributed by atoms with E-state index in [1.807, 2.05) is 19.1 Å². The second kappa shape index (κ2) is 6.09. The lowest BCUT2D eigenvalue weighted by molar-refractivity contribution is -0.148. The third kappa shape index (κ3) is 3.49. The molecule has 0 spiro atoms. The van der Waals surface area contributed by atoms with Gasteiger partial charge in [-0.3, -0.25) is 4.79 Å². The number of carbonyl (C=O) groups is 2. The highest BCUT2D eigenvalue weighted by molar-refractivity contribution is 7.13. The fourth-order valence-corrected chi connectivity index (χ4v) is 2.49. The number of thiazole rings is 1. The second-order valence-electron chi connectivity index (χ2n) is 4.75. The lowest BCUT2D eigenvalue weighted by Crippen LogP contribution is -2.41. The first-order valence-electron chi connectivity index (χ1n) is 6.38. The first kappa shape index (κ1) is 15.2. The van der Waals surface area contributed by atoms with Crippen LogP contribution in [0.15, 0.2) is 21.9 Å². The minimum Gasteiger partial charge on any atom is -0.480 e. The van der Waals surface area contributed by atoms with E-state index in [2.05, 4.69) is 4.98 Å². The average Bonchev–Trinajstić information content (AvgIpc) is 3.05. The molecule has 1 amide bonds. The van der Waals surface area contributed by atoms with Crippen molar-refractivity contribution in [3.05, 3.63) is 29.0 Å². The van der Waals surface area contributed by atoms with Crippen LogP contribution in [0.2, 0.25) is 0 Å². The zero-order valence-electron chi connectivity index (χ0n) is 12.0. The van der Waals surface area contributed by atoms with E-state index >= 15 is 0 Å². The number of amides is 1. The highest BCUT2D eigenvalue weighted by Crippen LogP contribution is 2.25. The highest BCUT2D eigenvalue weighted by Gasteiger charge is 2.22. The molecule has 1 N–H and O–H groups in total. The van der Waals surface area contributed by atoms with Crippen molar-refractivity contribution < 1.29 is 19.1 Å². The molecule has 2 rings (SSSR count). The molecule has 0 fully saturated rings. The predicted molar refractivity (Wildman–Crippen MR) is 78.1 cm³/mol. The second-order valence-corrected chi connectivity index (χ2v) is 5.61. The maximum Gasteiger partial charge on any atom is 0.326 e. The molecular formula is C14H16N2O4S. The standard InChI is InChI=1S/C14H16N2O4S/c1-8-4-5-11(20-8)13-15-10(7-21-13)6-12(17)16(3)9(2)14(18)19/h4-5,7,9H,6H2,1-3H3,(H,18,19). The number of hydrogen-bond acceptors (Lipinski definition) is 5. The van der Waals surface area contributed by atoms with Crippen LogP contribution in [0.5, 0.6) is 0 Å². The van der Waals surface area contributed by atoms with Crippen molar-refractivity contribution in [1.82, 2.24) is 9.88 Å². The van der Waals surface area contributed by atoms with Gasteiger partial charge in [0.05, 0.1) is 12.1 Å². The quantitative estimate of drug-likeness (QED) is 0.915. The first-order valence-corrected chi connectivity index (χ1v) is 7.26. The summed E-state index contributed by atoms with van der Waals surface area (Å²) >= 11 is 1.39. The Morgan fingerprint density at radius 2 is 2.19 bits per heavy atom. The molecule has 0 bridgehead atoms. The molecule has 2 aromatic rings. The van der Waals surface area contributed by atoms with Crippen LogP contribution in [0, 0.1) is 6.92 Å². The molecule has 0 aliphatic rings. The smallest absolute Gasteiger partial charge is 0.326 e. The summed E-state index contributed by atoms with van der Waals surface area (Å²) in [5, 5.41) is 11.4. The topological polar surface area (TPSA) is 83.6 Å². The fraction of sp³-hybridized carbons (Fsp3) is 0.357. The van der Waals surface area contributed by atoms with Crippen molar-refractivity contribution in [3.63, 3.8) is 0 Å². The molecule has 21 heavy (non-hydrogen) atoms. The van der Waals surface area contributed by atoms with E-state index in [0.717, 1.165) is 5.76 Å². The number of hydrogen-bond donors (Lipinski definition) is 1. The molecule has 2 heterocycles. The van der Waals surface area contributed by atoms with E-state index in [1.54, 1.807) is 5.38 Å². The van der Waals surface area contributed by atoms with Crippen LogP contribution >= 0.6 is 11.3 Å². The Kier molecular flexibility index (Phi) is 4.42. The maximum absolute atomic E-state index is 12.0. The molecule has 2 aromatic heterocycles. The van der Waals surface area contributed by atoms with Crippen LogP contribution in [0.25, 0.3) is 10.8 Å². The molecule has 1 atom stereocenters. The summed E-state index contributed by atoms with van der Waals surface area (Å²) in [6.45, 7) is 3.32. The molecule has 6 nitrogen and oxygen atoms in total. The summed E-state index contributed by atoms with van der Waals surface area (Å²) < 4.78 is 5.48. The van der Waals surface area contributed by atoms with Crippen molar-refractivity contribution in [2.45, 2.75) is 26.3 Å². The summed E-state index contributed by atoms with van der Waals surface area (Å²) in [4.78, 5) is 28.4. The van der Waals surface area contributed by atoms with Gasteiger partial charge < -0.3 is 14.4 Å². The van der Waals surface area contributed by atoms with E-state index in [9.17, 15) is 9.59 Å². The molecule has 1 unspecified atom stereocenters. The van der Waals surface area contributed by atoms with Crippen molar-refractivity contribution >= 4 is 23.2 Å². The molecule has 0 aliphatic carbocycles. The number of carbonyl (C=O) groups excluding carboxylic acids is 1. The molecule has 112 valence electrons. The summed E-state index contributed by atoms with van der Waals surface area (Å²) in [5.41, 5.74) is 0.610. The fourth-order valence-electron chi connectivity index (χ4n) is 1.71. The van der Waals surface area contributed by atoms with Crippen LogP contribution in [0.3, 0.4) is 0 Å². The normalized spacial score (nSPS) is 12.1. The third-order valence-corrected chi connectivity index (χ3v) is 4.07. The Morgan fingerprint density at radius 3 is 2.76 bits per heavy atom. The van der Waals surface area contributed by atoms with Gasteiger partial charge in [-0.1, -0.05) is 0 Å². The maximum atomic E-state index is 12.0. The lowest BCUT2D eigenvalue weighted by atomic mass is 10.2. The van der Waals surface area contributed by atoms with Crippen molar-refractivity contribution in [3.8, 4) is 10.8 Å². The molecule has 0 aliphatic heterocycles. The zero-order chi connectivity index (χ0) is 15.6. The number of rotatable bonds is 5. The Balaban J connectivity index is 2.06. The Morgan fingerprint density at radius 1 is 1.48 bits per heavy atom. The monoisotopic (exact) mass is 308 g/mol. The number of aromatic nitrogens is 1. The van der Waals surface area contributed by atoms with Gasteiger partial charge in [0.2, 0.25) is 5.91 Å². The van der Waals surface area contributed by atoms with Crippen LogP contribution in [0.1, 0.15) is 18.4 Å². The first-order chi connectivity index (χ1) is 9.88. The Bertz CT molecular complexity index is 661. The van der Waals surface area contributed by atoms with Gasteiger partial charge in [0.15, 0.2) is 10.8 Å². The molecule has 0 aromatic carbocycles. The minimum absolute atomic E-state index is 0.0737. The number of nitrogens with zero attached hydrogens (tertiary/aromatic N) is 2. The molecule has 7 heteroatoms. The van der Waals surface area contributed by atoms with E-state index in [4.69, 9.17) is 9.52 Å². The van der Waals surface area contributed by atoms with E-state index in [-0.39, 0.29) is 12.3 Å². The summed E-state index contributed by atoms with van der Waals surface area (Å²) in [7, 11) is 1.48.